The van der Waals surface area contributed by atoms with Gasteiger partial charge in [-0.05, 0) is 30.9 Å². The van der Waals surface area contributed by atoms with Gasteiger partial charge in [-0.15, -0.1) is 11.6 Å². The van der Waals surface area contributed by atoms with Gasteiger partial charge in [-0.25, -0.2) is 0 Å². The Labute approximate surface area is 112 Å². The number of carbonyl (C=O) groups excluding carboxylic acids is 2. The summed E-state index contributed by atoms with van der Waals surface area (Å²) in [5.41, 5.74) is 0.408. The van der Waals surface area contributed by atoms with Crippen LogP contribution in [0.3, 0.4) is 0 Å². The molecule has 1 fully saturated rings. The SMILES string of the molecule is O=CC(Cl)(C(=O)c1cccnc1)C1CCCCC1. The van der Waals surface area contributed by atoms with Gasteiger partial charge in [0.05, 0.1) is 0 Å². The lowest BCUT2D eigenvalue weighted by Crippen LogP contribution is -2.43. The zero-order valence-electron chi connectivity index (χ0n) is 10.1. The Hall–Kier alpha value is -1.22. The molecule has 2 rings (SSSR count). The molecule has 1 aliphatic carbocycles. The van der Waals surface area contributed by atoms with E-state index >= 15 is 0 Å². The summed E-state index contributed by atoms with van der Waals surface area (Å²) in [6, 6.07) is 3.33. The van der Waals surface area contributed by atoms with Crippen LogP contribution in [0.25, 0.3) is 0 Å². The molecule has 18 heavy (non-hydrogen) atoms. The number of pyridine rings is 1. The van der Waals surface area contributed by atoms with Gasteiger partial charge in [0.1, 0.15) is 6.29 Å². The highest BCUT2D eigenvalue weighted by atomic mass is 35.5. The molecule has 1 aromatic heterocycles. The van der Waals surface area contributed by atoms with Gasteiger partial charge < -0.3 is 4.79 Å². The van der Waals surface area contributed by atoms with Crippen LogP contribution < -0.4 is 0 Å². The number of aldehydes is 1. The van der Waals surface area contributed by atoms with Gasteiger partial charge in [0, 0.05) is 18.0 Å². The number of ketones is 1. The highest BCUT2D eigenvalue weighted by Crippen LogP contribution is 2.38. The van der Waals surface area contributed by atoms with Crippen molar-refractivity contribution in [3.8, 4) is 0 Å². The molecule has 0 saturated heterocycles. The van der Waals surface area contributed by atoms with Crippen LogP contribution in [0.15, 0.2) is 24.5 Å². The van der Waals surface area contributed by atoms with Gasteiger partial charge in [-0.2, -0.15) is 0 Å². The molecule has 1 saturated carbocycles. The minimum absolute atomic E-state index is 0.0573. The Kier molecular flexibility index (Phi) is 4.12. The normalized spacial score (nSPS) is 20.1. The van der Waals surface area contributed by atoms with Crippen molar-refractivity contribution in [1.82, 2.24) is 4.98 Å². The maximum absolute atomic E-state index is 12.4. The fraction of sp³-hybridized carbons (Fsp3) is 0.500. The van der Waals surface area contributed by atoms with Crippen LogP contribution in [0.5, 0.6) is 0 Å². The predicted octanol–water partition coefficient (Wildman–Crippen LogP) is 3.02. The summed E-state index contributed by atoms with van der Waals surface area (Å²) >= 11 is 6.34. The van der Waals surface area contributed by atoms with Crippen molar-refractivity contribution in [2.24, 2.45) is 5.92 Å². The number of aromatic nitrogens is 1. The fourth-order valence-electron chi connectivity index (χ4n) is 2.58. The summed E-state index contributed by atoms with van der Waals surface area (Å²) in [6.45, 7) is 0. The topological polar surface area (TPSA) is 47.0 Å². The first kappa shape index (κ1) is 13.2. The lowest BCUT2D eigenvalue weighted by atomic mass is 9.77. The number of alkyl halides is 1. The average molecular weight is 266 g/mol. The fourth-order valence-corrected chi connectivity index (χ4v) is 2.90. The molecule has 96 valence electrons. The molecule has 4 heteroatoms. The molecular formula is C14H16ClNO2. The van der Waals surface area contributed by atoms with Gasteiger partial charge in [0.25, 0.3) is 0 Å². The summed E-state index contributed by atoms with van der Waals surface area (Å²) in [6.07, 6.45) is 8.58. The lowest BCUT2D eigenvalue weighted by Gasteiger charge is -2.32. The number of halogens is 1. The molecule has 0 radical (unpaired) electrons. The number of nitrogens with zero attached hydrogens (tertiary/aromatic N) is 1. The molecule has 0 N–H and O–H groups in total. The largest absolute Gasteiger partial charge is 0.301 e. The number of carbonyl (C=O) groups is 2. The Balaban J connectivity index is 2.26. The second-order valence-electron chi connectivity index (χ2n) is 4.79. The summed E-state index contributed by atoms with van der Waals surface area (Å²) in [4.78, 5) is 26.3. The lowest BCUT2D eigenvalue weighted by molar-refractivity contribution is -0.110. The Morgan fingerprint density at radius 2 is 2.11 bits per heavy atom. The highest BCUT2D eigenvalue weighted by molar-refractivity contribution is 6.46. The third-order valence-electron chi connectivity index (χ3n) is 3.64. The third-order valence-corrected chi connectivity index (χ3v) is 4.21. The summed E-state index contributed by atoms with van der Waals surface area (Å²) in [7, 11) is 0. The van der Waals surface area contributed by atoms with E-state index in [2.05, 4.69) is 4.98 Å². The first-order valence-electron chi connectivity index (χ1n) is 6.28. The van der Waals surface area contributed by atoms with E-state index in [1.165, 1.54) is 6.20 Å². The van der Waals surface area contributed by atoms with Crippen LogP contribution in [0.4, 0.5) is 0 Å². The molecule has 1 unspecified atom stereocenters. The van der Waals surface area contributed by atoms with Crippen LogP contribution in [0.1, 0.15) is 42.5 Å². The molecule has 0 amide bonds. The summed E-state index contributed by atoms with van der Waals surface area (Å²) in [5, 5.41) is 0. The van der Waals surface area contributed by atoms with Crippen LogP contribution in [-0.2, 0) is 4.79 Å². The predicted molar refractivity (Wildman–Crippen MR) is 69.8 cm³/mol. The average Bonchev–Trinajstić information content (AvgIpc) is 2.47. The molecule has 1 aromatic rings. The Bertz CT molecular complexity index is 429. The van der Waals surface area contributed by atoms with Crippen molar-refractivity contribution >= 4 is 23.7 Å². The number of rotatable bonds is 4. The third kappa shape index (κ3) is 2.46. The minimum Gasteiger partial charge on any atom is -0.301 e. The molecule has 0 bridgehead atoms. The van der Waals surface area contributed by atoms with Gasteiger partial charge >= 0.3 is 0 Å². The molecule has 0 spiro atoms. The summed E-state index contributed by atoms with van der Waals surface area (Å²) < 4.78 is 0. The number of hydrogen-bond donors (Lipinski definition) is 0. The molecule has 0 aliphatic heterocycles. The monoisotopic (exact) mass is 265 g/mol. The van der Waals surface area contributed by atoms with Crippen molar-refractivity contribution in [1.29, 1.82) is 0 Å². The Morgan fingerprint density at radius 1 is 1.39 bits per heavy atom. The van der Waals surface area contributed by atoms with E-state index in [1.807, 2.05) is 0 Å². The van der Waals surface area contributed by atoms with Crippen molar-refractivity contribution in [2.75, 3.05) is 0 Å². The van der Waals surface area contributed by atoms with Gasteiger partial charge in [0.2, 0.25) is 0 Å². The van der Waals surface area contributed by atoms with Crippen LogP contribution in [0.2, 0.25) is 0 Å². The molecule has 1 aliphatic rings. The maximum Gasteiger partial charge on any atom is 0.192 e. The standard InChI is InChI=1S/C14H16ClNO2/c15-14(10-17,12-6-2-1-3-7-12)13(18)11-5-4-8-16-9-11/h4-5,8-10,12H,1-3,6-7H2. The molecule has 3 nitrogen and oxygen atoms in total. The zero-order valence-corrected chi connectivity index (χ0v) is 10.9. The van der Waals surface area contributed by atoms with E-state index in [9.17, 15) is 9.59 Å². The van der Waals surface area contributed by atoms with Crippen molar-refractivity contribution in [3.63, 3.8) is 0 Å². The van der Waals surface area contributed by atoms with Crippen molar-refractivity contribution in [3.05, 3.63) is 30.1 Å². The second kappa shape index (κ2) is 5.61. The van der Waals surface area contributed by atoms with Crippen molar-refractivity contribution in [2.45, 2.75) is 37.0 Å². The zero-order chi connectivity index (χ0) is 13.0. The minimum atomic E-state index is -1.41. The molecule has 0 aromatic carbocycles. The first-order chi connectivity index (χ1) is 8.68. The van der Waals surface area contributed by atoms with E-state index in [-0.39, 0.29) is 11.7 Å². The maximum atomic E-state index is 12.4. The van der Waals surface area contributed by atoms with Gasteiger partial charge in [0.15, 0.2) is 10.7 Å². The van der Waals surface area contributed by atoms with Crippen molar-refractivity contribution < 1.29 is 9.59 Å². The second-order valence-corrected chi connectivity index (χ2v) is 5.42. The Morgan fingerprint density at radius 3 is 2.67 bits per heavy atom. The summed E-state index contributed by atoms with van der Waals surface area (Å²) in [5.74, 6) is -0.378. The number of hydrogen-bond acceptors (Lipinski definition) is 3. The van der Waals surface area contributed by atoms with E-state index in [0.717, 1.165) is 32.1 Å². The van der Waals surface area contributed by atoms with E-state index in [4.69, 9.17) is 11.6 Å². The molecule has 1 heterocycles. The van der Waals surface area contributed by atoms with Crippen LogP contribution in [-0.4, -0.2) is 21.9 Å². The first-order valence-corrected chi connectivity index (χ1v) is 6.66. The highest BCUT2D eigenvalue weighted by Gasteiger charge is 2.44. The number of Topliss-reactive ketones (excluding diaryl/α,β-unsaturated/α-hetero) is 1. The van der Waals surface area contributed by atoms with E-state index in [0.29, 0.717) is 11.8 Å². The van der Waals surface area contributed by atoms with Crippen LogP contribution >= 0.6 is 11.6 Å². The van der Waals surface area contributed by atoms with Crippen LogP contribution in [0, 0.1) is 5.92 Å². The van der Waals surface area contributed by atoms with Gasteiger partial charge in [-0.3, -0.25) is 9.78 Å². The quantitative estimate of drug-likeness (QED) is 0.364. The molecule has 1 atom stereocenters. The smallest absolute Gasteiger partial charge is 0.192 e. The van der Waals surface area contributed by atoms with Gasteiger partial charge in [-0.1, -0.05) is 19.3 Å². The molecular weight excluding hydrogens is 250 g/mol. The van der Waals surface area contributed by atoms with E-state index in [1.54, 1.807) is 18.3 Å². The van der Waals surface area contributed by atoms with E-state index < -0.39 is 4.87 Å².